The van der Waals surface area contributed by atoms with Crippen molar-refractivity contribution in [3.63, 3.8) is 0 Å². The first-order chi connectivity index (χ1) is 8.41. The quantitative estimate of drug-likeness (QED) is 0.770. The number of urea groups is 2. The van der Waals surface area contributed by atoms with Crippen LogP contribution in [-0.4, -0.2) is 34.9 Å². The highest BCUT2D eigenvalue weighted by Crippen LogP contribution is 2.14. The third-order valence-electron chi connectivity index (χ3n) is 2.54. The minimum absolute atomic E-state index is 0.0160. The molecule has 0 aliphatic heterocycles. The Balaban J connectivity index is 2.50. The SMILES string of the molecule is CC(C)N(C(N)=O)C(=O)NCC1=CCC(Cl)C=C1. The summed E-state index contributed by atoms with van der Waals surface area (Å²) < 4.78 is 0. The van der Waals surface area contributed by atoms with Gasteiger partial charge in [0.25, 0.3) is 0 Å². The van der Waals surface area contributed by atoms with Gasteiger partial charge in [0, 0.05) is 12.6 Å². The van der Waals surface area contributed by atoms with Gasteiger partial charge < -0.3 is 11.1 Å². The van der Waals surface area contributed by atoms with E-state index in [-0.39, 0.29) is 11.4 Å². The second-order valence-electron chi connectivity index (χ2n) is 4.35. The van der Waals surface area contributed by atoms with E-state index in [0.717, 1.165) is 16.9 Å². The maximum absolute atomic E-state index is 11.8. The van der Waals surface area contributed by atoms with Crippen LogP contribution in [0, 0.1) is 0 Å². The zero-order valence-electron chi connectivity index (χ0n) is 10.5. The molecule has 5 nitrogen and oxygen atoms in total. The van der Waals surface area contributed by atoms with Crippen LogP contribution < -0.4 is 11.1 Å². The maximum atomic E-state index is 11.8. The summed E-state index contributed by atoms with van der Waals surface area (Å²) in [4.78, 5) is 23.9. The van der Waals surface area contributed by atoms with Gasteiger partial charge in [-0.05, 0) is 25.8 Å². The normalized spacial score (nSPS) is 18.4. The van der Waals surface area contributed by atoms with Gasteiger partial charge in [-0.15, -0.1) is 11.6 Å². The van der Waals surface area contributed by atoms with Crippen molar-refractivity contribution in [2.45, 2.75) is 31.7 Å². The van der Waals surface area contributed by atoms with Crippen LogP contribution in [0.15, 0.2) is 23.8 Å². The van der Waals surface area contributed by atoms with E-state index in [2.05, 4.69) is 5.32 Å². The van der Waals surface area contributed by atoms with Gasteiger partial charge in [0.2, 0.25) is 0 Å². The third-order valence-corrected chi connectivity index (χ3v) is 2.86. The molecule has 0 aromatic rings. The number of rotatable bonds is 3. The Kier molecular flexibility index (Phi) is 5.22. The fourth-order valence-corrected chi connectivity index (χ4v) is 1.78. The van der Waals surface area contributed by atoms with Crippen LogP contribution in [0.25, 0.3) is 0 Å². The molecule has 1 unspecified atom stereocenters. The van der Waals surface area contributed by atoms with Crippen LogP contribution in [0.4, 0.5) is 9.59 Å². The highest BCUT2D eigenvalue weighted by molar-refractivity contribution is 6.22. The minimum Gasteiger partial charge on any atom is -0.351 e. The number of halogens is 1. The van der Waals surface area contributed by atoms with E-state index in [1.165, 1.54) is 0 Å². The number of hydrogen-bond acceptors (Lipinski definition) is 2. The van der Waals surface area contributed by atoms with Crippen molar-refractivity contribution in [2.75, 3.05) is 6.54 Å². The van der Waals surface area contributed by atoms with Crippen molar-refractivity contribution < 1.29 is 9.59 Å². The Labute approximate surface area is 112 Å². The van der Waals surface area contributed by atoms with Crippen molar-refractivity contribution in [3.8, 4) is 0 Å². The lowest BCUT2D eigenvalue weighted by Crippen LogP contribution is -2.50. The smallest absolute Gasteiger partial charge is 0.326 e. The van der Waals surface area contributed by atoms with Crippen LogP contribution in [-0.2, 0) is 0 Å². The lowest BCUT2D eigenvalue weighted by Gasteiger charge is -2.23. The maximum Gasteiger partial charge on any atom is 0.326 e. The first-order valence-electron chi connectivity index (χ1n) is 5.79. The van der Waals surface area contributed by atoms with Gasteiger partial charge in [-0.25, -0.2) is 14.5 Å². The molecule has 0 heterocycles. The van der Waals surface area contributed by atoms with Crippen molar-refractivity contribution in [1.82, 2.24) is 10.2 Å². The minimum atomic E-state index is -0.753. The molecule has 0 aromatic carbocycles. The number of nitrogens with one attached hydrogen (secondary N) is 1. The number of primary amides is 1. The molecule has 4 amide bonds. The highest BCUT2D eigenvalue weighted by Gasteiger charge is 2.21. The molecule has 3 N–H and O–H groups in total. The van der Waals surface area contributed by atoms with E-state index < -0.39 is 12.1 Å². The molecular formula is C12H18ClN3O2. The first kappa shape index (κ1) is 14.6. The number of hydrogen-bond donors (Lipinski definition) is 2. The Morgan fingerprint density at radius 2 is 2.28 bits per heavy atom. The Bertz CT molecular complexity index is 391. The Hall–Kier alpha value is -1.49. The number of carbonyl (C=O) groups excluding carboxylic acids is 2. The number of alkyl halides is 1. The number of imide groups is 1. The summed E-state index contributed by atoms with van der Waals surface area (Å²) in [5.41, 5.74) is 6.11. The fraction of sp³-hybridized carbons (Fsp3) is 0.500. The van der Waals surface area contributed by atoms with Crippen LogP contribution in [0.3, 0.4) is 0 Å². The van der Waals surface area contributed by atoms with Crippen LogP contribution >= 0.6 is 11.6 Å². The molecule has 0 bridgehead atoms. The van der Waals surface area contributed by atoms with Crippen molar-refractivity contribution in [3.05, 3.63) is 23.8 Å². The van der Waals surface area contributed by atoms with E-state index in [9.17, 15) is 9.59 Å². The zero-order chi connectivity index (χ0) is 13.7. The molecule has 18 heavy (non-hydrogen) atoms. The molecule has 0 saturated heterocycles. The second-order valence-corrected chi connectivity index (χ2v) is 4.91. The number of amides is 4. The van der Waals surface area contributed by atoms with Crippen molar-refractivity contribution in [2.24, 2.45) is 5.73 Å². The van der Waals surface area contributed by atoms with E-state index in [1.807, 2.05) is 18.2 Å². The molecule has 1 rings (SSSR count). The van der Waals surface area contributed by atoms with Crippen molar-refractivity contribution >= 4 is 23.7 Å². The van der Waals surface area contributed by atoms with Crippen molar-refractivity contribution in [1.29, 1.82) is 0 Å². The monoisotopic (exact) mass is 271 g/mol. The van der Waals surface area contributed by atoms with Crippen LogP contribution in [0.5, 0.6) is 0 Å². The highest BCUT2D eigenvalue weighted by atomic mass is 35.5. The third kappa shape index (κ3) is 4.07. The average molecular weight is 272 g/mol. The summed E-state index contributed by atoms with van der Waals surface area (Å²) in [6.45, 7) is 3.81. The summed E-state index contributed by atoms with van der Waals surface area (Å²) in [6, 6.07) is -1.51. The zero-order valence-corrected chi connectivity index (χ0v) is 11.3. The first-order valence-corrected chi connectivity index (χ1v) is 6.23. The second kappa shape index (κ2) is 6.44. The largest absolute Gasteiger partial charge is 0.351 e. The predicted molar refractivity (Wildman–Crippen MR) is 71.4 cm³/mol. The van der Waals surface area contributed by atoms with Crippen LogP contribution in [0.1, 0.15) is 20.3 Å². The standard InChI is InChI=1S/C12H18ClN3O2/c1-8(2)16(11(14)17)12(18)15-7-9-3-5-10(13)6-4-9/h3-5,8,10H,6-7H2,1-2H3,(H2,14,17)(H,15,18). The molecule has 0 saturated carbocycles. The average Bonchev–Trinajstić information content (AvgIpc) is 2.27. The van der Waals surface area contributed by atoms with E-state index in [4.69, 9.17) is 17.3 Å². The molecule has 100 valence electrons. The molecule has 0 radical (unpaired) electrons. The Morgan fingerprint density at radius 1 is 1.61 bits per heavy atom. The fourth-order valence-electron chi connectivity index (χ4n) is 1.62. The summed E-state index contributed by atoms with van der Waals surface area (Å²) in [5.74, 6) is 0. The van der Waals surface area contributed by atoms with E-state index in [0.29, 0.717) is 6.54 Å². The summed E-state index contributed by atoms with van der Waals surface area (Å²) in [7, 11) is 0. The van der Waals surface area contributed by atoms with E-state index >= 15 is 0 Å². The molecule has 0 spiro atoms. The molecule has 1 atom stereocenters. The number of nitrogens with zero attached hydrogens (tertiary/aromatic N) is 1. The number of carbonyl (C=O) groups is 2. The summed E-state index contributed by atoms with van der Waals surface area (Å²) >= 11 is 5.89. The number of allylic oxidation sites excluding steroid dienone is 2. The van der Waals surface area contributed by atoms with Gasteiger partial charge in [-0.2, -0.15) is 0 Å². The van der Waals surface area contributed by atoms with E-state index in [1.54, 1.807) is 13.8 Å². The number of nitrogens with two attached hydrogens (primary N) is 1. The molecular weight excluding hydrogens is 254 g/mol. The predicted octanol–water partition coefficient (Wildman–Crippen LogP) is 1.98. The van der Waals surface area contributed by atoms with Gasteiger partial charge in [-0.1, -0.05) is 18.2 Å². The van der Waals surface area contributed by atoms with Gasteiger partial charge in [0.15, 0.2) is 0 Å². The molecule has 1 aliphatic carbocycles. The molecule has 6 heteroatoms. The van der Waals surface area contributed by atoms with Gasteiger partial charge >= 0.3 is 12.1 Å². The summed E-state index contributed by atoms with van der Waals surface area (Å²) in [5, 5.41) is 2.67. The summed E-state index contributed by atoms with van der Waals surface area (Å²) in [6.07, 6.45) is 6.44. The van der Waals surface area contributed by atoms with Crippen LogP contribution in [0.2, 0.25) is 0 Å². The van der Waals surface area contributed by atoms with Gasteiger partial charge in [0.1, 0.15) is 0 Å². The van der Waals surface area contributed by atoms with Gasteiger partial charge in [0.05, 0.1) is 5.38 Å². The molecule has 0 fully saturated rings. The molecule has 1 aliphatic rings. The Morgan fingerprint density at radius 3 is 2.72 bits per heavy atom. The lowest BCUT2D eigenvalue weighted by molar-refractivity contribution is 0.181. The lowest BCUT2D eigenvalue weighted by atomic mass is 10.1. The molecule has 0 aromatic heterocycles. The van der Waals surface area contributed by atoms with Gasteiger partial charge in [-0.3, -0.25) is 0 Å². The topological polar surface area (TPSA) is 75.4 Å².